The van der Waals surface area contributed by atoms with Crippen molar-refractivity contribution in [2.75, 3.05) is 19.8 Å². The third-order valence-corrected chi connectivity index (χ3v) is 2.25. The van der Waals surface area contributed by atoms with Crippen molar-refractivity contribution in [1.29, 1.82) is 0 Å². The molecule has 17 heavy (non-hydrogen) atoms. The van der Waals surface area contributed by atoms with E-state index in [2.05, 4.69) is 20.5 Å². The van der Waals surface area contributed by atoms with Crippen LogP contribution in [-0.4, -0.2) is 47.1 Å². The third kappa shape index (κ3) is 3.40. The van der Waals surface area contributed by atoms with Crippen LogP contribution < -0.4 is 11.0 Å². The zero-order valence-corrected chi connectivity index (χ0v) is 9.19. The summed E-state index contributed by atoms with van der Waals surface area (Å²) in [6.07, 6.45) is 0.428. The quantitative estimate of drug-likeness (QED) is 0.596. The van der Waals surface area contributed by atoms with E-state index in [1.165, 1.54) is 0 Å². The average Bonchev–Trinajstić information content (AvgIpc) is 2.76. The van der Waals surface area contributed by atoms with Crippen LogP contribution >= 0.6 is 0 Å². The van der Waals surface area contributed by atoms with Gasteiger partial charge in [0, 0.05) is 13.0 Å². The second-order valence-electron chi connectivity index (χ2n) is 3.59. The van der Waals surface area contributed by atoms with Gasteiger partial charge < -0.3 is 14.8 Å². The summed E-state index contributed by atoms with van der Waals surface area (Å²) >= 11 is 0. The molecule has 8 heteroatoms. The van der Waals surface area contributed by atoms with E-state index < -0.39 is 6.29 Å². The highest BCUT2D eigenvalue weighted by Crippen LogP contribution is 2.04. The lowest BCUT2D eigenvalue weighted by Crippen LogP contribution is -2.41. The Hall–Kier alpha value is -1.67. The Morgan fingerprint density at radius 1 is 1.47 bits per heavy atom. The summed E-state index contributed by atoms with van der Waals surface area (Å²) in [5, 5.41) is 8.61. The first-order valence-corrected chi connectivity index (χ1v) is 5.40. The van der Waals surface area contributed by atoms with Crippen molar-refractivity contribution in [3.63, 3.8) is 0 Å². The Morgan fingerprint density at radius 2 is 2.24 bits per heavy atom. The van der Waals surface area contributed by atoms with Crippen molar-refractivity contribution in [1.82, 2.24) is 20.5 Å². The summed E-state index contributed by atoms with van der Waals surface area (Å²) in [5.41, 5.74) is -0.356. The Bertz CT molecular complexity index is 421. The number of hydrogen-bond acceptors (Lipinski definition) is 5. The number of carbonyl (C=O) groups excluding carboxylic acids is 1. The lowest BCUT2D eigenvalue weighted by Gasteiger charge is -2.21. The Kier molecular flexibility index (Phi) is 3.89. The van der Waals surface area contributed by atoms with E-state index in [4.69, 9.17) is 9.47 Å². The monoisotopic (exact) mass is 242 g/mol. The van der Waals surface area contributed by atoms with Crippen molar-refractivity contribution >= 4 is 5.91 Å². The molecule has 1 saturated heterocycles. The lowest BCUT2D eigenvalue weighted by atomic mass is 10.4. The minimum absolute atomic E-state index is 0.303. The van der Waals surface area contributed by atoms with E-state index in [-0.39, 0.29) is 11.6 Å². The van der Waals surface area contributed by atoms with Crippen molar-refractivity contribution in [3.8, 4) is 0 Å². The first kappa shape index (κ1) is 11.8. The number of nitrogens with one attached hydrogen (secondary N) is 3. The van der Waals surface area contributed by atoms with Crippen LogP contribution in [0.3, 0.4) is 0 Å². The number of rotatable bonds is 4. The first-order chi connectivity index (χ1) is 8.25. The van der Waals surface area contributed by atoms with Gasteiger partial charge in [-0.2, -0.15) is 5.10 Å². The van der Waals surface area contributed by atoms with Crippen molar-refractivity contribution in [3.05, 3.63) is 16.3 Å². The molecule has 0 aromatic carbocycles. The predicted octanol–water partition coefficient (Wildman–Crippen LogP) is -1.48. The van der Waals surface area contributed by atoms with E-state index in [0.29, 0.717) is 32.0 Å². The van der Waals surface area contributed by atoms with Gasteiger partial charge >= 0.3 is 5.69 Å². The van der Waals surface area contributed by atoms with Gasteiger partial charge in [-0.1, -0.05) is 0 Å². The second kappa shape index (κ2) is 5.60. The molecular formula is C9H14N4O4. The molecule has 1 amide bonds. The summed E-state index contributed by atoms with van der Waals surface area (Å²) in [5.74, 6) is 0.198. The van der Waals surface area contributed by atoms with Crippen LogP contribution in [0.25, 0.3) is 0 Å². The molecule has 0 saturated carbocycles. The van der Waals surface area contributed by atoms with E-state index in [1.54, 1.807) is 0 Å². The lowest BCUT2D eigenvalue weighted by molar-refractivity contribution is -0.190. The van der Waals surface area contributed by atoms with Crippen LogP contribution in [0.5, 0.6) is 0 Å². The Morgan fingerprint density at radius 3 is 2.88 bits per heavy atom. The Balaban J connectivity index is 1.70. The van der Waals surface area contributed by atoms with Crippen molar-refractivity contribution < 1.29 is 14.3 Å². The fourth-order valence-corrected chi connectivity index (χ4v) is 1.45. The maximum absolute atomic E-state index is 11.5. The van der Waals surface area contributed by atoms with E-state index >= 15 is 0 Å². The van der Waals surface area contributed by atoms with Gasteiger partial charge in [0.1, 0.15) is 5.82 Å². The molecule has 0 bridgehead atoms. The van der Waals surface area contributed by atoms with Gasteiger partial charge in [-0.05, 0) is 6.42 Å². The summed E-state index contributed by atoms with van der Waals surface area (Å²) < 4.78 is 10.3. The average molecular weight is 242 g/mol. The molecule has 1 fully saturated rings. The molecule has 94 valence electrons. The van der Waals surface area contributed by atoms with E-state index in [9.17, 15) is 9.59 Å². The highest BCUT2D eigenvalue weighted by molar-refractivity contribution is 5.79. The minimum atomic E-state index is -0.818. The Labute approximate surface area is 96.7 Å². The summed E-state index contributed by atoms with van der Waals surface area (Å²) in [4.78, 5) is 24.8. The molecule has 0 unspecified atom stereocenters. The molecule has 3 N–H and O–H groups in total. The fraction of sp³-hybridized carbons (Fsp3) is 0.667. The molecule has 1 aliphatic rings. The number of aromatic amines is 2. The molecule has 1 aromatic heterocycles. The maximum Gasteiger partial charge on any atom is 0.340 e. The minimum Gasteiger partial charge on any atom is -0.351 e. The van der Waals surface area contributed by atoms with Crippen LogP contribution in [0.2, 0.25) is 0 Å². The summed E-state index contributed by atoms with van der Waals surface area (Å²) in [6.45, 7) is 1.43. The zero-order valence-electron chi connectivity index (χ0n) is 9.19. The highest BCUT2D eigenvalue weighted by atomic mass is 16.7. The number of H-pyrrole nitrogens is 2. The predicted molar refractivity (Wildman–Crippen MR) is 56.2 cm³/mol. The molecule has 2 rings (SSSR count). The van der Waals surface area contributed by atoms with Crippen LogP contribution in [0, 0.1) is 0 Å². The number of ether oxygens (including phenoxy) is 2. The SMILES string of the molecule is O=C(NCCc1n[nH]c(=O)[nH]1)C1OCCCO1. The van der Waals surface area contributed by atoms with Crippen LogP contribution in [0.15, 0.2) is 4.79 Å². The molecule has 0 atom stereocenters. The summed E-state index contributed by atoms with van der Waals surface area (Å²) in [7, 11) is 0. The van der Waals surface area contributed by atoms with E-state index in [0.717, 1.165) is 6.42 Å². The molecule has 8 nitrogen and oxygen atoms in total. The first-order valence-electron chi connectivity index (χ1n) is 5.40. The zero-order chi connectivity index (χ0) is 12.1. The fourth-order valence-electron chi connectivity index (χ4n) is 1.45. The number of hydrogen-bond donors (Lipinski definition) is 3. The smallest absolute Gasteiger partial charge is 0.340 e. The van der Waals surface area contributed by atoms with Crippen molar-refractivity contribution in [2.45, 2.75) is 19.1 Å². The van der Waals surface area contributed by atoms with Gasteiger partial charge in [-0.3, -0.25) is 9.78 Å². The van der Waals surface area contributed by atoms with Gasteiger partial charge in [0.15, 0.2) is 0 Å². The number of aromatic nitrogens is 3. The number of amides is 1. The van der Waals surface area contributed by atoms with E-state index in [1.807, 2.05) is 0 Å². The largest absolute Gasteiger partial charge is 0.351 e. The van der Waals surface area contributed by atoms with Gasteiger partial charge in [0.25, 0.3) is 5.91 Å². The number of nitrogens with zero attached hydrogens (tertiary/aromatic N) is 1. The van der Waals surface area contributed by atoms with Gasteiger partial charge in [-0.15, -0.1) is 0 Å². The normalized spacial score (nSPS) is 16.9. The summed E-state index contributed by atoms with van der Waals surface area (Å²) in [6, 6.07) is 0. The number of carbonyl (C=O) groups is 1. The van der Waals surface area contributed by atoms with Crippen LogP contribution in [0.1, 0.15) is 12.2 Å². The molecular weight excluding hydrogens is 228 g/mol. The maximum atomic E-state index is 11.5. The second-order valence-corrected chi connectivity index (χ2v) is 3.59. The molecule has 0 radical (unpaired) electrons. The standard InChI is InChI=1S/C9H14N4O4/c14-7(8-16-4-1-5-17-8)10-3-2-6-11-9(15)13-12-6/h8H,1-5H2,(H,10,14)(H2,11,12,13,15). The van der Waals surface area contributed by atoms with Gasteiger partial charge in [0.2, 0.25) is 6.29 Å². The topological polar surface area (TPSA) is 109 Å². The van der Waals surface area contributed by atoms with Crippen LogP contribution in [-0.2, 0) is 20.7 Å². The van der Waals surface area contributed by atoms with Gasteiger partial charge in [-0.25, -0.2) is 9.89 Å². The molecule has 0 spiro atoms. The third-order valence-electron chi connectivity index (χ3n) is 2.25. The highest BCUT2D eigenvalue weighted by Gasteiger charge is 2.22. The van der Waals surface area contributed by atoms with Crippen LogP contribution in [0.4, 0.5) is 0 Å². The molecule has 1 aromatic rings. The molecule has 2 heterocycles. The van der Waals surface area contributed by atoms with Gasteiger partial charge in [0.05, 0.1) is 13.2 Å². The molecule has 0 aliphatic carbocycles. The van der Waals surface area contributed by atoms with Crippen molar-refractivity contribution in [2.24, 2.45) is 0 Å². The molecule has 1 aliphatic heterocycles.